The van der Waals surface area contributed by atoms with Crippen LogP contribution in [0.1, 0.15) is 43.4 Å². The topological polar surface area (TPSA) is 36.4 Å². The van der Waals surface area contributed by atoms with Crippen LogP contribution in [0.5, 0.6) is 0 Å². The zero-order valence-corrected chi connectivity index (χ0v) is 15.8. The van der Waals surface area contributed by atoms with Gasteiger partial charge in [-0.2, -0.15) is 0 Å². The summed E-state index contributed by atoms with van der Waals surface area (Å²) in [6.45, 7) is 7.28. The van der Waals surface area contributed by atoms with E-state index in [1.807, 2.05) is 0 Å². The number of likely N-dealkylation sites (tertiary alicyclic amines) is 2. The molecule has 2 fully saturated rings. The van der Waals surface area contributed by atoms with Gasteiger partial charge in [0, 0.05) is 37.1 Å². The third-order valence-electron chi connectivity index (χ3n) is 5.93. The fourth-order valence-corrected chi connectivity index (χ4v) is 4.46. The van der Waals surface area contributed by atoms with Gasteiger partial charge in [0.1, 0.15) is 0 Å². The smallest absolute Gasteiger partial charge is 0.222 e. The Morgan fingerprint density at radius 1 is 1.12 bits per heavy atom. The molecule has 0 unspecified atom stereocenters. The predicted molar refractivity (Wildman–Crippen MR) is 105 cm³/mol. The fraction of sp³-hybridized carbons (Fsp3) is 0.545. The van der Waals surface area contributed by atoms with E-state index < -0.39 is 0 Å². The van der Waals surface area contributed by atoms with Crippen LogP contribution >= 0.6 is 0 Å². The second kappa shape index (κ2) is 7.75. The molecule has 2 aliphatic rings. The van der Waals surface area contributed by atoms with Crippen LogP contribution in [0.2, 0.25) is 0 Å². The Morgan fingerprint density at radius 2 is 1.92 bits per heavy atom. The van der Waals surface area contributed by atoms with E-state index in [-0.39, 0.29) is 0 Å². The van der Waals surface area contributed by atoms with Gasteiger partial charge >= 0.3 is 0 Å². The summed E-state index contributed by atoms with van der Waals surface area (Å²) in [5, 5.41) is 1.28. The van der Waals surface area contributed by atoms with Crippen LogP contribution in [0.15, 0.2) is 30.3 Å². The van der Waals surface area contributed by atoms with Crippen LogP contribution in [0, 0.1) is 12.8 Å². The molecule has 0 aliphatic carbocycles. The highest BCUT2D eigenvalue weighted by Crippen LogP contribution is 2.25. The number of amides is 1. The van der Waals surface area contributed by atoms with Crippen molar-refractivity contribution in [2.75, 3.05) is 26.2 Å². The molecule has 0 atom stereocenters. The van der Waals surface area contributed by atoms with Gasteiger partial charge in [-0.3, -0.25) is 14.7 Å². The van der Waals surface area contributed by atoms with Crippen LogP contribution in [0.25, 0.3) is 10.9 Å². The van der Waals surface area contributed by atoms with Gasteiger partial charge in [-0.25, -0.2) is 0 Å². The van der Waals surface area contributed by atoms with Crippen molar-refractivity contribution in [2.24, 2.45) is 5.92 Å². The number of rotatable bonds is 4. The first-order valence-corrected chi connectivity index (χ1v) is 10.0. The lowest BCUT2D eigenvalue weighted by Crippen LogP contribution is -2.42. The molecule has 1 aromatic carbocycles. The van der Waals surface area contributed by atoms with Crippen LogP contribution in [-0.2, 0) is 11.3 Å². The van der Waals surface area contributed by atoms with Crippen LogP contribution in [0.3, 0.4) is 0 Å². The maximum atomic E-state index is 12.0. The Labute approximate surface area is 156 Å². The van der Waals surface area contributed by atoms with Gasteiger partial charge in [-0.15, -0.1) is 0 Å². The summed E-state index contributed by atoms with van der Waals surface area (Å²) < 4.78 is 0. The summed E-state index contributed by atoms with van der Waals surface area (Å²) in [6, 6.07) is 10.7. The van der Waals surface area contributed by atoms with Crippen molar-refractivity contribution in [1.82, 2.24) is 14.8 Å². The van der Waals surface area contributed by atoms with Crippen molar-refractivity contribution < 1.29 is 4.79 Å². The van der Waals surface area contributed by atoms with E-state index in [0.29, 0.717) is 11.8 Å². The Bertz CT molecular complexity index is 780. The number of aryl methyl sites for hydroxylation is 1. The van der Waals surface area contributed by atoms with Crippen molar-refractivity contribution in [3.05, 3.63) is 41.6 Å². The van der Waals surface area contributed by atoms with Gasteiger partial charge in [0.2, 0.25) is 5.91 Å². The highest BCUT2D eigenvalue weighted by Gasteiger charge is 2.25. The molecule has 2 aromatic rings. The average molecular weight is 351 g/mol. The molecule has 26 heavy (non-hydrogen) atoms. The number of hydrogen-bond donors (Lipinski definition) is 0. The molecule has 0 saturated carbocycles. The van der Waals surface area contributed by atoms with Gasteiger partial charge in [0.25, 0.3) is 0 Å². The number of pyridine rings is 1. The van der Waals surface area contributed by atoms with E-state index in [9.17, 15) is 4.79 Å². The second-order valence-electron chi connectivity index (χ2n) is 7.96. The minimum absolute atomic E-state index is 0.373. The Hall–Kier alpha value is -1.94. The zero-order valence-electron chi connectivity index (χ0n) is 15.8. The quantitative estimate of drug-likeness (QED) is 0.841. The summed E-state index contributed by atoms with van der Waals surface area (Å²) >= 11 is 0. The highest BCUT2D eigenvalue weighted by atomic mass is 16.2. The molecule has 4 nitrogen and oxygen atoms in total. The van der Waals surface area contributed by atoms with E-state index in [2.05, 4.69) is 52.0 Å². The van der Waals surface area contributed by atoms with Crippen LogP contribution in [0.4, 0.5) is 0 Å². The van der Waals surface area contributed by atoms with Gasteiger partial charge in [-0.05, 0) is 69.3 Å². The summed E-state index contributed by atoms with van der Waals surface area (Å²) in [7, 11) is 0. The van der Waals surface area contributed by atoms with Crippen molar-refractivity contribution in [3.63, 3.8) is 0 Å². The van der Waals surface area contributed by atoms with E-state index in [1.165, 1.54) is 30.2 Å². The van der Waals surface area contributed by atoms with E-state index in [0.717, 1.165) is 56.8 Å². The number of aromatic nitrogens is 1. The Morgan fingerprint density at radius 3 is 2.73 bits per heavy atom. The van der Waals surface area contributed by atoms with Gasteiger partial charge in [0.05, 0.1) is 5.52 Å². The number of benzene rings is 1. The summed E-state index contributed by atoms with van der Waals surface area (Å²) in [4.78, 5) is 21.4. The molecule has 1 aromatic heterocycles. The summed E-state index contributed by atoms with van der Waals surface area (Å²) in [5.74, 6) is 1.04. The largest absolute Gasteiger partial charge is 0.342 e. The molecule has 4 rings (SSSR count). The number of para-hydroxylation sites is 1. The number of nitrogens with zero attached hydrogens (tertiary/aromatic N) is 3. The first-order valence-electron chi connectivity index (χ1n) is 10.0. The summed E-state index contributed by atoms with van der Waals surface area (Å²) in [5.41, 5.74) is 3.58. The Kier molecular flexibility index (Phi) is 5.21. The van der Waals surface area contributed by atoms with Crippen molar-refractivity contribution in [1.29, 1.82) is 0 Å². The van der Waals surface area contributed by atoms with Crippen LogP contribution < -0.4 is 0 Å². The van der Waals surface area contributed by atoms with Crippen LogP contribution in [-0.4, -0.2) is 46.9 Å². The van der Waals surface area contributed by atoms with E-state index >= 15 is 0 Å². The lowest BCUT2D eigenvalue weighted by Gasteiger charge is -2.36. The van der Waals surface area contributed by atoms with Gasteiger partial charge in [0.15, 0.2) is 0 Å². The second-order valence-corrected chi connectivity index (χ2v) is 7.96. The molecule has 2 aliphatic heterocycles. The monoisotopic (exact) mass is 351 g/mol. The van der Waals surface area contributed by atoms with E-state index in [4.69, 9.17) is 0 Å². The maximum absolute atomic E-state index is 12.0. The third kappa shape index (κ3) is 3.90. The van der Waals surface area contributed by atoms with Crippen molar-refractivity contribution >= 4 is 16.8 Å². The summed E-state index contributed by atoms with van der Waals surface area (Å²) in [6.07, 6.45) is 5.41. The normalized spacial score (nSPS) is 20.0. The molecule has 0 bridgehead atoms. The molecule has 0 spiro atoms. The zero-order chi connectivity index (χ0) is 17.9. The number of carbonyl (C=O) groups excluding carboxylic acids is 1. The molecule has 2 saturated heterocycles. The molecular weight excluding hydrogens is 322 g/mol. The number of piperidine rings is 2. The first kappa shape index (κ1) is 17.5. The number of carbonyl (C=O) groups is 1. The SMILES string of the molecule is Cc1cc(CN2CCC(CN3CCCCC3=O)CC2)c2ccccc2n1. The molecule has 4 heteroatoms. The minimum Gasteiger partial charge on any atom is -0.342 e. The Balaban J connectivity index is 1.36. The first-order chi connectivity index (χ1) is 12.7. The highest BCUT2D eigenvalue weighted by molar-refractivity contribution is 5.82. The maximum Gasteiger partial charge on any atom is 0.222 e. The van der Waals surface area contributed by atoms with Gasteiger partial charge in [-0.1, -0.05) is 18.2 Å². The molecular formula is C22H29N3O. The molecule has 1 amide bonds. The fourth-order valence-electron chi connectivity index (χ4n) is 4.46. The molecule has 0 N–H and O–H groups in total. The standard InChI is InChI=1S/C22H29N3O/c1-17-14-19(20-6-2-3-7-21(20)23-17)16-24-12-9-18(10-13-24)15-25-11-5-4-8-22(25)26/h2-3,6-7,14,18H,4-5,8-13,15-16H2,1H3. The molecule has 138 valence electrons. The number of fused-ring (bicyclic) bond motifs is 1. The average Bonchev–Trinajstić information content (AvgIpc) is 2.65. The third-order valence-corrected chi connectivity index (χ3v) is 5.93. The lowest BCUT2D eigenvalue weighted by atomic mass is 9.94. The minimum atomic E-state index is 0.373. The number of hydrogen-bond acceptors (Lipinski definition) is 3. The molecule has 3 heterocycles. The van der Waals surface area contributed by atoms with Gasteiger partial charge < -0.3 is 4.90 Å². The predicted octanol–water partition coefficient (Wildman–Crippen LogP) is 3.77. The molecule has 0 radical (unpaired) electrons. The van der Waals surface area contributed by atoms with E-state index in [1.54, 1.807) is 0 Å². The van der Waals surface area contributed by atoms with Crippen molar-refractivity contribution in [3.8, 4) is 0 Å². The van der Waals surface area contributed by atoms with Crippen molar-refractivity contribution in [2.45, 2.75) is 45.6 Å². The lowest BCUT2D eigenvalue weighted by molar-refractivity contribution is -0.134.